The van der Waals surface area contributed by atoms with Crippen molar-refractivity contribution in [2.75, 3.05) is 38.7 Å². The van der Waals surface area contributed by atoms with Crippen LogP contribution in [0.2, 0.25) is 0 Å². The molecule has 2 saturated heterocycles. The molecule has 1 aromatic heterocycles. The summed E-state index contributed by atoms with van der Waals surface area (Å²) in [5.74, 6) is 6.70. The third kappa shape index (κ3) is 3.43. The van der Waals surface area contributed by atoms with Crippen molar-refractivity contribution in [2.45, 2.75) is 44.7 Å². The number of ether oxygens (including phenoxy) is 1. The fraction of sp³-hybridized carbons (Fsp3) is 0.545. The Morgan fingerprint density at radius 2 is 2.00 bits per heavy atom. The van der Waals surface area contributed by atoms with Crippen molar-refractivity contribution in [3.63, 3.8) is 0 Å². The number of amides is 1. The minimum Gasteiger partial charge on any atom is -0.378 e. The number of nitrogens with zero attached hydrogens (tertiary/aromatic N) is 4. The van der Waals surface area contributed by atoms with E-state index >= 15 is 0 Å². The minimum absolute atomic E-state index is 0.0332. The third-order valence-corrected chi connectivity index (χ3v) is 7.72. The van der Waals surface area contributed by atoms with Gasteiger partial charge in [-0.2, -0.15) is 4.79 Å². The molecule has 2 N–H and O–H groups in total. The van der Waals surface area contributed by atoms with Crippen LogP contribution in [0.4, 0.5) is 0 Å². The van der Waals surface area contributed by atoms with Gasteiger partial charge in [-0.05, 0) is 48.5 Å². The average Bonchev–Trinajstić information content (AvgIpc) is 3.05. The molecule has 0 radical (unpaired) electrons. The fourth-order valence-corrected chi connectivity index (χ4v) is 5.31. The second-order valence-electron chi connectivity index (χ2n) is 8.76. The van der Waals surface area contributed by atoms with E-state index in [9.17, 15) is 4.79 Å². The van der Waals surface area contributed by atoms with E-state index in [1.54, 1.807) is 0 Å². The van der Waals surface area contributed by atoms with E-state index in [4.69, 9.17) is 10.6 Å². The number of carbonyl (C=O) groups excluding carboxylic acids is 1. The standard InChI is InChI=1S/C22H30N5O2P/c1-14-17(3-2-4-20(14)30)15-5-8-25(9-6-15)22(28)21-18-7-10-26(16-12-29-13-16)11-19(18)27(23)24-21/h2-4,15-16H,5-13,23,30H2,1H3. The Morgan fingerprint density at radius 3 is 2.70 bits per heavy atom. The summed E-state index contributed by atoms with van der Waals surface area (Å²) in [6.45, 7) is 6.96. The smallest absolute Gasteiger partial charge is 0.274 e. The van der Waals surface area contributed by atoms with Gasteiger partial charge in [-0.1, -0.05) is 18.2 Å². The molecule has 0 spiro atoms. The summed E-state index contributed by atoms with van der Waals surface area (Å²) in [5, 5.41) is 5.71. The number of piperidine rings is 1. The first kappa shape index (κ1) is 20.0. The Balaban J connectivity index is 1.28. The Kier molecular flexibility index (Phi) is 5.30. The topological polar surface area (TPSA) is 76.6 Å². The number of aromatic nitrogens is 2. The molecule has 5 rings (SSSR count). The number of rotatable bonds is 3. The lowest BCUT2D eigenvalue weighted by molar-refractivity contribution is -0.0701. The highest BCUT2D eigenvalue weighted by molar-refractivity contribution is 7.27. The molecule has 2 fully saturated rings. The number of nitrogens with two attached hydrogens (primary N) is 1. The van der Waals surface area contributed by atoms with Crippen molar-refractivity contribution in [1.82, 2.24) is 19.7 Å². The quantitative estimate of drug-likeness (QED) is 0.588. The maximum atomic E-state index is 13.3. The normalized spacial score (nSPS) is 20.8. The molecular weight excluding hydrogens is 397 g/mol. The first-order valence-corrected chi connectivity index (χ1v) is 11.4. The van der Waals surface area contributed by atoms with Crippen LogP contribution >= 0.6 is 9.24 Å². The Labute approximate surface area is 179 Å². The molecule has 1 amide bonds. The largest absolute Gasteiger partial charge is 0.378 e. The van der Waals surface area contributed by atoms with Crippen LogP contribution < -0.4 is 11.1 Å². The zero-order valence-corrected chi connectivity index (χ0v) is 18.7. The molecule has 8 heteroatoms. The zero-order chi connectivity index (χ0) is 20.8. The highest BCUT2D eigenvalue weighted by Gasteiger charge is 2.35. The molecule has 4 heterocycles. The maximum absolute atomic E-state index is 13.3. The van der Waals surface area contributed by atoms with Crippen LogP contribution in [-0.2, 0) is 17.7 Å². The summed E-state index contributed by atoms with van der Waals surface area (Å²) in [6.07, 6.45) is 2.80. The number of fused-ring (bicyclic) bond motifs is 1. The number of nitrogen functional groups attached to an aromatic ring is 1. The molecular formula is C22H30N5O2P. The van der Waals surface area contributed by atoms with Gasteiger partial charge in [0.1, 0.15) is 0 Å². The van der Waals surface area contributed by atoms with Gasteiger partial charge in [-0.15, -0.1) is 14.3 Å². The Morgan fingerprint density at radius 1 is 1.23 bits per heavy atom. The number of carbonyl (C=O) groups is 1. The summed E-state index contributed by atoms with van der Waals surface area (Å²) in [5.41, 5.74) is 5.33. The molecule has 2 aromatic rings. The Hall–Kier alpha value is -1.95. The molecule has 1 aromatic carbocycles. The Bertz CT molecular complexity index is 963. The summed E-state index contributed by atoms with van der Waals surface area (Å²) >= 11 is 0. The lowest BCUT2D eigenvalue weighted by atomic mass is 9.86. The van der Waals surface area contributed by atoms with Gasteiger partial charge >= 0.3 is 0 Å². The van der Waals surface area contributed by atoms with Crippen LogP contribution in [0.5, 0.6) is 0 Å². The van der Waals surface area contributed by atoms with E-state index in [-0.39, 0.29) is 5.91 Å². The molecule has 0 saturated carbocycles. The first-order chi connectivity index (χ1) is 14.5. The second kappa shape index (κ2) is 7.95. The van der Waals surface area contributed by atoms with E-state index in [0.717, 1.165) is 69.9 Å². The highest BCUT2D eigenvalue weighted by atomic mass is 31.0. The number of benzene rings is 1. The van der Waals surface area contributed by atoms with Gasteiger partial charge in [0.05, 0.1) is 24.9 Å². The zero-order valence-electron chi connectivity index (χ0n) is 17.5. The average molecular weight is 427 g/mol. The van der Waals surface area contributed by atoms with Crippen LogP contribution in [0.25, 0.3) is 0 Å². The van der Waals surface area contributed by atoms with Crippen molar-refractivity contribution in [3.05, 3.63) is 46.3 Å². The van der Waals surface area contributed by atoms with E-state index in [1.807, 2.05) is 4.90 Å². The van der Waals surface area contributed by atoms with E-state index < -0.39 is 0 Å². The summed E-state index contributed by atoms with van der Waals surface area (Å²) in [6, 6.07) is 6.96. The van der Waals surface area contributed by atoms with Crippen molar-refractivity contribution in [1.29, 1.82) is 0 Å². The van der Waals surface area contributed by atoms with E-state index in [2.05, 4.69) is 44.4 Å². The van der Waals surface area contributed by atoms with Crippen molar-refractivity contribution < 1.29 is 9.53 Å². The van der Waals surface area contributed by atoms with Crippen molar-refractivity contribution in [2.24, 2.45) is 0 Å². The van der Waals surface area contributed by atoms with Gasteiger partial charge in [0, 0.05) is 31.7 Å². The predicted octanol–water partition coefficient (Wildman–Crippen LogP) is 1.18. The number of hydrogen-bond donors (Lipinski definition) is 1. The van der Waals surface area contributed by atoms with Crippen LogP contribution in [0.1, 0.15) is 51.6 Å². The van der Waals surface area contributed by atoms with Crippen LogP contribution in [-0.4, -0.2) is 64.5 Å². The van der Waals surface area contributed by atoms with Gasteiger partial charge in [0.2, 0.25) is 0 Å². The van der Waals surface area contributed by atoms with Gasteiger partial charge in [0.15, 0.2) is 5.69 Å². The summed E-state index contributed by atoms with van der Waals surface area (Å²) < 4.78 is 5.33. The van der Waals surface area contributed by atoms with E-state index in [0.29, 0.717) is 17.7 Å². The summed E-state index contributed by atoms with van der Waals surface area (Å²) in [4.78, 5) is 19.1. The third-order valence-electron chi connectivity index (χ3n) is 7.10. The molecule has 160 valence electrons. The van der Waals surface area contributed by atoms with Crippen molar-refractivity contribution >= 4 is 20.5 Å². The molecule has 1 unspecified atom stereocenters. The second-order valence-corrected chi connectivity index (χ2v) is 9.38. The molecule has 7 nitrogen and oxygen atoms in total. The van der Waals surface area contributed by atoms with Crippen LogP contribution in [0, 0.1) is 6.92 Å². The van der Waals surface area contributed by atoms with Gasteiger partial charge in [-0.25, -0.2) is 0 Å². The number of hydrogen-bond acceptors (Lipinski definition) is 5. The molecule has 1 atom stereocenters. The fourth-order valence-electron chi connectivity index (χ4n) is 5.04. The highest BCUT2D eigenvalue weighted by Crippen LogP contribution is 2.31. The minimum atomic E-state index is 0.0332. The predicted molar refractivity (Wildman–Crippen MR) is 119 cm³/mol. The summed E-state index contributed by atoms with van der Waals surface area (Å²) in [7, 11) is 2.82. The van der Waals surface area contributed by atoms with Gasteiger partial charge in [-0.3, -0.25) is 9.69 Å². The molecule has 3 aliphatic heterocycles. The van der Waals surface area contributed by atoms with Gasteiger partial charge in [0.25, 0.3) is 5.91 Å². The molecule has 0 aliphatic carbocycles. The van der Waals surface area contributed by atoms with Gasteiger partial charge < -0.3 is 15.5 Å². The lowest BCUT2D eigenvalue weighted by Gasteiger charge is -2.39. The van der Waals surface area contributed by atoms with Crippen molar-refractivity contribution in [3.8, 4) is 0 Å². The van der Waals surface area contributed by atoms with E-state index in [1.165, 1.54) is 21.2 Å². The maximum Gasteiger partial charge on any atom is 0.274 e. The monoisotopic (exact) mass is 427 g/mol. The lowest BCUT2D eigenvalue weighted by Crippen LogP contribution is -2.51. The van der Waals surface area contributed by atoms with Crippen LogP contribution in [0.3, 0.4) is 0 Å². The SMILES string of the molecule is Cc1c(P)cccc1C1CCN(C(=O)c2nn(N)c3c2CCN(C2COC2)C3)CC1. The molecule has 0 bridgehead atoms. The number of likely N-dealkylation sites (tertiary alicyclic amines) is 1. The molecule has 3 aliphatic rings. The van der Waals surface area contributed by atoms with Crippen LogP contribution in [0.15, 0.2) is 18.2 Å². The first-order valence-electron chi connectivity index (χ1n) is 10.8. The molecule has 30 heavy (non-hydrogen) atoms.